The molecule has 39 heavy (non-hydrogen) atoms. The molecule has 0 radical (unpaired) electrons. The average molecular weight is 551 g/mol. The van der Waals surface area contributed by atoms with Crippen molar-refractivity contribution in [1.29, 1.82) is 0 Å². The first kappa shape index (κ1) is 29.7. The Labute approximate surface area is 235 Å². The average Bonchev–Trinajstić information content (AvgIpc) is 2.86. The summed E-state index contributed by atoms with van der Waals surface area (Å²) in [6.45, 7) is 12.4. The summed E-state index contributed by atoms with van der Waals surface area (Å²) in [5.74, 6) is -0.767. The molecule has 206 valence electrons. The number of hydrazine groups is 1. The monoisotopic (exact) mass is 550 g/mol. The van der Waals surface area contributed by atoms with E-state index in [0.29, 0.717) is 27.5 Å². The van der Waals surface area contributed by atoms with Crippen LogP contribution in [0.15, 0.2) is 54.6 Å². The lowest BCUT2D eigenvalue weighted by Gasteiger charge is -2.41. The largest absolute Gasteiger partial charge is 0.496 e. The van der Waals surface area contributed by atoms with Crippen LogP contribution in [0.5, 0.6) is 5.75 Å². The highest BCUT2D eigenvalue weighted by molar-refractivity contribution is 6.32. The zero-order chi connectivity index (χ0) is 29.1. The van der Waals surface area contributed by atoms with Crippen LogP contribution in [0.4, 0.5) is 4.79 Å². The van der Waals surface area contributed by atoms with Gasteiger partial charge in [0.1, 0.15) is 12.4 Å². The number of carbonyl (C=O) groups excluding carboxylic acids is 3. The molecule has 0 saturated heterocycles. The third-order valence-electron chi connectivity index (χ3n) is 6.22. The van der Waals surface area contributed by atoms with E-state index >= 15 is 0 Å². The Morgan fingerprint density at radius 3 is 2.08 bits per heavy atom. The number of hydrogen-bond donors (Lipinski definition) is 0. The highest BCUT2D eigenvalue weighted by Crippen LogP contribution is 2.28. The first-order valence-corrected chi connectivity index (χ1v) is 13.0. The van der Waals surface area contributed by atoms with Gasteiger partial charge in [-0.05, 0) is 78.3 Å². The number of hydrogen-bond acceptors (Lipinski definition) is 5. The molecule has 0 aromatic heterocycles. The van der Waals surface area contributed by atoms with Gasteiger partial charge in [-0.2, -0.15) is 0 Å². The van der Waals surface area contributed by atoms with Gasteiger partial charge in [0.2, 0.25) is 0 Å². The fourth-order valence-corrected chi connectivity index (χ4v) is 4.55. The van der Waals surface area contributed by atoms with Crippen molar-refractivity contribution < 1.29 is 23.9 Å². The van der Waals surface area contributed by atoms with Gasteiger partial charge >= 0.3 is 6.09 Å². The quantitative estimate of drug-likeness (QED) is 0.313. The number of benzene rings is 3. The third-order valence-corrected chi connectivity index (χ3v) is 6.76. The first-order valence-electron chi connectivity index (χ1n) is 12.6. The lowest BCUT2D eigenvalue weighted by atomic mass is 10.0. The number of imide groups is 1. The van der Waals surface area contributed by atoms with Crippen LogP contribution in [0, 0.1) is 27.7 Å². The molecule has 3 rings (SSSR count). The van der Waals surface area contributed by atoms with Gasteiger partial charge in [0.05, 0.1) is 17.7 Å². The van der Waals surface area contributed by atoms with Crippen molar-refractivity contribution in [2.45, 2.75) is 60.6 Å². The predicted octanol–water partition coefficient (Wildman–Crippen LogP) is 7.22. The number of ether oxygens (including phenoxy) is 2. The molecule has 0 spiro atoms. The summed E-state index contributed by atoms with van der Waals surface area (Å²) < 4.78 is 11.0. The van der Waals surface area contributed by atoms with Gasteiger partial charge in [0.25, 0.3) is 11.8 Å². The van der Waals surface area contributed by atoms with Gasteiger partial charge in [0.15, 0.2) is 0 Å². The minimum absolute atomic E-state index is 0.185. The summed E-state index contributed by atoms with van der Waals surface area (Å²) in [5.41, 5.74) is 3.24. The molecule has 0 atom stereocenters. The summed E-state index contributed by atoms with van der Waals surface area (Å²) in [5, 5.41) is 2.40. The fourth-order valence-electron chi connectivity index (χ4n) is 4.37. The molecule has 0 heterocycles. The van der Waals surface area contributed by atoms with Gasteiger partial charge in [-0.15, -0.1) is 5.01 Å². The van der Waals surface area contributed by atoms with E-state index < -0.39 is 23.4 Å². The number of halogens is 1. The van der Waals surface area contributed by atoms with Crippen LogP contribution in [0.1, 0.15) is 69.3 Å². The van der Waals surface area contributed by atoms with Crippen LogP contribution in [0.25, 0.3) is 0 Å². The Kier molecular flexibility index (Phi) is 9.07. The molecule has 8 heteroatoms. The maximum Gasteiger partial charge on any atom is 0.436 e. The highest BCUT2D eigenvalue weighted by atomic mass is 35.5. The van der Waals surface area contributed by atoms with Gasteiger partial charge in [0, 0.05) is 22.3 Å². The molecule has 7 nitrogen and oxygen atoms in total. The first-order chi connectivity index (χ1) is 18.3. The van der Waals surface area contributed by atoms with Crippen LogP contribution in [0.3, 0.4) is 0 Å². The van der Waals surface area contributed by atoms with Crippen LogP contribution in [-0.4, -0.2) is 40.6 Å². The zero-order valence-corrected chi connectivity index (χ0v) is 24.5. The second-order valence-electron chi connectivity index (χ2n) is 10.5. The van der Waals surface area contributed by atoms with Crippen molar-refractivity contribution in [2.75, 3.05) is 7.11 Å². The summed E-state index contributed by atoms with van der Waals surface area (Å²) in [6.07, 6.45) is -1.01. The van der Waals surface area contributed by atoms with E-state index in [-0.39, 0.29) is 12.2 Å². The Morgan fingerprint density at radius 1 is 0.872 bits per heavy atom. The minimum Gasteiger partial charge on any atom is -0.496 e. The maximum absolute atomic E-state index is 14.1. The normalized spacial score (nSPS) is 11.1. The highest BCUT2D eigenvalue weighted by Gasteiger charge is 2.41. The van der Waals surface area contributed by atoms with E-state index in [1.165, 1.54) is 7.11 Å². The molecule has 0 bridgehead atoms. The second-order valence-corrected chi connectivity index (χ2v) is 10.9. The molecule has 0 fully saturated rings. The van der Waals surface area contributed by atoms with Crippen LogP contribution in [-0.2, 0) is 11.3 Å². The summed E-state index contributed by atoms with van der Waals surface area (Å²) >= 11 is 6.41. The van der Waals surface area contributed by atoms with Crippen molar-refractivity contribution in [2.24, 2.45) is 0 Å². The number of methoxy groups -OCH3 is 1. The molecule has 0 aliphatic rings. The topological polar surface area (TPSA) is 76.2 Å². The summed E-state index contributed by atoms with van der Waals surface area (Å²) in [7, 11) is 1.50. The summed E-state index contributed by atoms with van der Waals surface area (Å²) in [4.78, 5) is 41.9. The minimum atomic E-state index is -1.01. The Hall–Kier alpha value is -3.84. The van der Waals surface area contributed by atoms with Crippen molar-refractivity contribution in [3.8, 4) is 5.75 Å². The van der Waals surface area contributed by atoms with E-state index in [2.05, 4.69) is 0 Å². The Bertz CT molecular complexity index is 1390. The molecule has 3 aromatic carbocycles. The number of aryl methyl sites for hydroxylation is 3. The molecule has 0 aliphatic carbocycles. The van der Waals surface area contributed by atoms with Crippen LogP contribution >= 0.6 is 11.6 Å². The fraction of sp³-hybridized carbons (Fsp3) is 0.323. The predicted molar refractivity (Wildman–Crippen MR) is 152 cm³/mol. The van der Waals surface area contributed by atoms with Crippen molar-refractivity contribution in [3.63, 3.8) is 0 Å². The molecule has 0 unspecified atom stereocenters. The van der Waals surface area contributed by atoms with Crippen molar-refractivity contribution in [1.82, 2.24) is 10.0 Å². The van der Waals surface area contributed by atoms with Gasteiger partial charge in [-0.1, -0.05) is 53.1 Å². The molecule has 3 aromatic rings. The van der Waals surface area contributed by atoms with E-state index in [0.717, 1.165) is 26.7 Å². The Balaban J connectivity index is 2.14. The van der Waals surface area contributed by atoms with E-state index in [1.54, 1.807) is 70.2 Å². The van der Waals surface area contributed by atoms with Gasteiger partial charge < -0.3 is 9.47 Å². The molecule has 0 saturated carbocycles. The zero-order valence-electron chi connectivity index (χ0n) is 23.7. The SMILES string of the molecule is COc1cccc(C(=O)N(C(=O)OCc2cccc(C)c2Cl)N(C(=O)c2cc(C)cc(C)c2)C(C)(C)C)c1C. The summed E-state index contributed by atoms with van der Waals surface area (Å²) in [6, 6.07) is 15.7. The molecule has 3 amide bonds. The van der Waals surface area contributed by atoms with Gasteiger partial charge in [-0.25, -0.2) is 9.80 Å². The second kappa shape index (κ2) is 11.9. The molecular weight excluding hydrogens is 516 g/mol. The lowest BCUT2D eigenvalue weighted by Crippen LogP contribution is -2.60. The molecule has 0 N–H and O–H groups in total. The molecular formula is C31H35ClN2O5. The van der Waals surface area contributed by atoms with Crippen molar-refractivity contribution >= 4 is 29.5 Å². The smallest absolute Gasteiger partial charge is 0.436 e. The van der Waals surface area contributed by atoms with E-state index in [4.69, 9.17) is 21.1 Å². The van der Waals surface area contributed by atoms with Crippen LogP contribution < -0.4 is 4.74 Å². The van der Waals surface area contributed by atoms with E-state index in [1.807, 2.05) is 32.9 Å². The number of nitrogens with zero attached hydrogens (tertiary/aromatic N) is 2. The standard InChI is InChI=1S/C31H35ClN2O5/c1-19-15-20(2)17-24(16-19)28(35)34(31(5,6)7)33(29(36)25-13-10-14-26(38-8)22(25)4)30(37)39-18-23-12-9-11-21(3)27(23)32/h9-17H,18H2,1-8H3. The third kappa shape index (κ3) is 6.60. The maximum atomic E-state index is 14.1. The van der Waals surface area contributed by atoms with E-state index in [9.17, 15) is 14.4 Å². The molecule has 0 aliphatic heterocycles. The lowest BCUT2D eigenvalue weighted by molar-refractivity contribution is -0.0411. The Morgan fingerprint density at radius 2 is 1.49 bits per heavy atom. The van der Waals surface area contributed by atoms with Crippen molar-refractivity contribution in [3.05, 3.63) is 98.6 Å². The number of carbonyl (C=O) groups is 3. The number of amides is 3. The number of rotatable bonds is 5. The van der Waals surface area contributed by atoms with Gasteiger partial charge in [-0.3, -0.25) is 9.59 Å². The van der Waals surface area contributed by atoms with Crippen LogP contribution in [0.2, 0.25) is 5.02 Å².